The van der Waals surface area contributed by atoms with Crippen molar-refractivity contribution in [1.29, 1.82) is 0 Å². The third-order valence-corrected chi connectivity index (χ3v) is 9.92. The molecule has 6 aromatic rings. The van der Waals surface area contributed by atoms with Crippen LogP contribution in [-0.4, -0.2) is 0 Å². The number of nitrogens with zero attached hydrogens (tertiary/aromatic N) is 2. The smallest absolute Gasteiger partial charge is 0.0834 e. The van der Waals surface area contributed by atoms with E-state index in [1.165, 1.54) is 21.2 Å². The molecule has 0 aliphatic carbocycles. The maximum Gasteiger partial charge on any atom is 0.0834 e. The molecule has 5 aromatic carbocycles. The van der Waals surface area contributed by atoms with Crippen LogP contribution in [0.15, 0.2) is 121 Å². The standard InChI is InChI=1S/C40H38Cl2N2S/c1-39(2,3)27-17-20-31(21-18-27)44(36-26-45-37-22-19-28(23-33(36)37)40(4,5)6)35-25-32(24-34(41)38(35)42)43(29-13-9-7-10-14-29)30-15-11-8-12-16-30/h7-26H,1-6H3. The van der Waals surface area contributed by atoms with Crippen molar-refractivity contribution in [3.8, 4) is 0 Å². The molecule has 0 atom stereocenters. The zero-order chi connectivity index (χ0) is 31.9. The van der Waals surface area contributed by atoms with Gasteiger partial charge in [-0.3, -0.25) is 0 Å². The second-order valence-corrected chi connectivity index (χ2v) is 15.2. The van der Waals surface area contributed by atoms with E-state index in [-0.39, 0.29) is 10.8 Å². The highest BCUT2D eigenvalue weighted by atomic mass is 35.5. The van der Waals surface area contributed by atoms with Gasteiger partial charge >= 0.3 is 0 Å². The summed E-state index contributed by atoms with van der Waals surface area (Å²) >= 11 is 16.0. The van der Waals surface area contributed by atoms with E-state index in [9.17, 15) is 0 Å². The summed E-state index contributed by atoms with van der Waals surface area (Å²) in [5.74, 6) is 0. The van der Waals surface area contributed by atoms with Gasteiger partial charge in [0.2, 0.25) is 0 Å². The first-order chi connectivity index (χ1) is 21.4. The Bertz CT molecular complexity index is 1890. The highest BCUT2D eigenvalue weighted by Crippen LogP contribution is 2.49. The van der Waals surface area contributed by atoms with E-state index in [0.29, 0.717) is 10.0 Å². The van der Waals surface area contributed by atoms with E-state index in [1.807, 2.05) is 18.2 Å². The lowest BCUT2D eigenvalue weighted by atomic mass is 9.86. The molecule has 0 radical (unpaired) electrons. The van der Waals surface area contributed by atoms with Crippen LogP contribution in [0.5, 0.6) is 0 Å². The van der Waals surface area contributed by atoms with E-state index in [2.05, 4.69) is 154 Å². The van der Waals surface area contributed by atoms with Gasteiger partial charge in [0, 0.05) is 38.2 Å². The summed E-state index contributed by atoms with van der Waals surface area (Å²) in [6, 6.07) is 40.5. The van der Waals surface area contributed by atoms with Gasteiger partial charge < -0.3 is 9.80 Å². The van der Waals surface area contributed by atoms with E-state index in [4.69, 9.17) is 23.2 Å². The number of thiophene rings is 1. The molecule has 2 nitrogen and oxygen atoms in total. The fraction of sp³-hybridized carbons (Fsp3) is 0.200. The molecule has 5 heteroatoms. The van der Waals surface area contributed by atoms with Crippen molar-refractivity contribution in [2.45, 2.75) is 52.4 Å². The van der Waals surface area contributed by atoms with Crippen LogP contribution >= 0.6 is 34.5 Å². The zero-order valence-electron chi connectivity index (χ0n) is 26.6. The number of anilines is 6. The SMILES string of the molecule is CC(C)(C)c1ccc(N(c2cc(N(c3ccccc3)c3ccccc3)cc(Cl)c2Cl)c2csc3ccc(C(C)(C)C)cc23)cc1. The van der Waals surface area contributed by atoms with Crippen molar-refractivity contribution in [3.05, 3.63) is 142 Å². The largest absolute Gasteiger partial charge is 0.310 e. The molecule has 1 heterocycles. The van der Waals surface area contributed by atoms with Gasteiger partial charge in [-0.25, -0.2) is 0 Å². The molecule has 0 N–H and O–H groups in total. The molecule has 228 valence electrons. The van der Waals surface area contributed by atoms with Crippen molar-refractivity contribution < 1.29 is 0 Å². The van der Waals surface area contributed by atoms with Crippen molar-refractivity contribution in [2.24, 2.45) is 0 Å². The second-order valence-electron chi connectivity index (χ2n) is 13.5. The molecule has 0 unspecified atom stereocenters. The summed E-state index contributed by atoms with van der Waals surface area (Å²) in [6.45, 7) is 13.5. The molecule has 0 fully saturated rings. The van der Waals surface area contributed by atoms with E-state index in [1.54, 1.807) is 11.3 Å². The number of hydrogen-bond donors (Lipinski definition) is 0. The molecule has 0 aliphatic rings. The Kier molecular flexibility index (Phi) is 8.47. The predicted octanol–water partition coefficient (Wildman–Crippen LogP) is 13.7. The van der Waals surface area contributed by atoms with E-state index < -0.39 is 0 Å². The summed E-state index contributed by atoms with van der Waals surface area (Å²) in [6.07, 6.45) is 0. The van der Waals surface area contributed by atoms with Gasteiger partial charge in [0.05, 0.1) is 21.4 Å². The summed E-state index contributed by atoms with van der Waals surface area (Å²) in [4.78, 5) is 4.49. The molecule has 1 aromatic heterocycles. The number of fused-ring (bicyclic) bond motifs is 1. The Hall–Kier alpha value is -3.76. The molecule has 0 amide bonds. The monoisotopic (exact) mass is 648 g/mol. The van der Waals surface area contributed by atoms with Crippen LogP contribution in [0.1, 0.15) is 52.7 Å². The Balaban J connectivity index is 1.61. The number of benzene rings is 5. The van der Waals surface area contributed by atoms with Crippen LogP contribution in [0, 0.1) is 0 Å². The van der Waals surface area contributed by atoms with Crippen molar-refractivity contribution in [2.75, 3.05) is 9.80 Å². The molecule has 0 spiro atoms. The summed E-state index contributed by atoms with van der Waals surface area (Å²) in [5.41, 5.74) is 8.50. The minimum absolute atomic E-state index is 0.0132. The Morgan fingerprint density at radius 1 is 0.511 bits per heavy atom. The van der Waals surface area contributed by atoms with Gasteiger partial charge in [-0.05, 0) is 82.6 Å². The first kappa shape index (κ1) is 31.2. The topological polar surface area (TPSA) is 6.48 Å². The second kappa shape index (κ2) is 12.2. The predicted molar refractivity (Wildman–Crippen MR) is 199 cm³/mol. The maximum atomic E-state index is 7.19. The van der Waals surface area contributed by atoms with Crippen molar-refractivity contribution in [1.82, 2.24) is 0 Å². The van der Waals surface area contributed by atoms with Crippen LogP contribution in [0.2, 0.25) is 10.0 Å². The number of rotatable bonds is 6. The summed E-state index contributed by atoms with van der Waals surface area (Å²) in [5, 5.41) is 4.42. The zero-order valence-corrected chi connectivity index (χ0v) is 28.9. The molecule has 45 heavy (non-hydrogen) atoms. The maximum absolute atomic E-state index is 7.19. The highest BCUT2D eigenvalue weighted by Gasteiger charge is 2.25. The Morgan fingerprint density at radius 2 is 1.04 bits per heavy atom. The molecule has 0 aliphatic heterocycles. The average Bonchev–Trinajstić information content (AvgIpc) is 3.43. The van der Waals surface area contributed by atoms with Crippen molar-refractivity contribution >= 4 is 78.7 Å². The molecular weight excluding hydrogens is 611 g/mol. The Labute approximate surface area is 281 Å². The van der Waals surface area contributed by atoms with Crippen LogP contribution in [0.4, 0.5) is 34.1 Å². The molecule has 0 saturated carbocycles. The number of halogens is 2. The average molecular weight is 650 g/mol. The lowest BCUT2D eigenvalue weighted by Gasteiger charge is -2.31. The summed E-state index contributed by atoms with van der Waals surface area (Å²) < 4.78 is 1.22. The fourth-order valence-electron chi connectivity index (χ4n) is 5.63. The molecule has 0 saturated heterocycles. The van der Waals surface area contributed by atoms with Gasteiger partial charge in [-0.2, -0.15) is 0 Å². The van der Waals surface area contributed by atoms with Crippen LogP contribution in [0.3, 0.4) is 0 Å². The first-order valence-corrected chi connectivity index (χ1v) is 16.9. The van der Waals surface area contributed by atoms with Crippen LogP contribution < -0.4 is 9.80 Å². The lowest BCUT2D eigenvalue weighted by Crippen LogP contribution is -2.15. The van der Waals surface area contributed by atoms with Crippen LogP contribution in [-0.2, 0) is 10.8 Å². The highest BCUT2D eigenvalue weighted by molar-refractivity contribution is 7.17. The number of para-hydroxylation sites is 2. The van der Waals surface area contributed by atoms with Gasteiger partial charge in [0.25, 0.3) is 0 Å². The van der Waals surface area contributed by atoms with Gasteiger partial charge in [0.15, 0.2) is 0 Å². The third kappa shape index (κ3) is 6.35. The lowest BCUT2D eigenvalue weighted by molar-refractivity contribution is 0.590. The molecular formula is C40H38Cl2N2S. The van der Waals surface area contributed by atoms with Crippen molar-refractivity contribution in [3.63, 3.8) is 0 Å². The fourth-order valence-corrected chi connectivity index (χ4v) is 6.94. The Morgan fingerprint density at radius 3 is 1.60 bits per heavy atom. The van der Waals surface area contributed by atoms with Gasteiger partial charge in [-0.15, -0.1) is 11.3 Å². The molecule has 0 bridgehead atoms. The first-order valence-electron chi connectivity index (χ1n) is 15.2. The van der Waals surface area contributed by atoms with Crippen LogP contribution in [0.25, 0.3) is 10.1 Å². The third-order valence-electron chi connectivity index (χ3n) is 8.17. The van der Waals surface area contributed by atoms with Gasteiger partial charge in [0.1, 0.15) is 0 Å². The summed E-state index contributed by atoms with van der Waals surface area (Å²) in [7, 11) is 0. The number of hydrogen-bond acceptors (Lipinski definition) is 3. The van der Waals surface area contributed by atoms with E-state index in [0.717, 1.165) is 34.1 Å². The normalized spacial score (nSPS) is 12.0. The minimum Gasteiger partial charge on any atom is -0.310 e. The minimum atomic E-state index is 0.0132. The van der Waals surface area contributed by atoms with E-state index >= 15 is 0 Å². The molecule has 6 rings (SSSR count). The van der Waals surface area contributed by atoms with Gasteiger partial charge in [-0.1, -0.05) is 119 Å². The quantitative estimate of drug-likeness (QED) is 0.177.